The number of aliphatic carboxylic acids is 1. The number of nitrogens with one attached hydrogen (secondary N) is 1. The summed E-state index contributed by atoms with van der Waals surface area (Å²) >= 11 is 0. The van der Waals surface area contributed by atoms with Gasteiger partial charge in [0.2, 0.25) is 0 Å². The van der Waals surface area contributed by atoms with Gasteiger partial charge in [0.25, 0.3) is 0 Å². The third-order valence-electron chi connectivity index (χ3n) is 7.93. The van der Waals surface area contributed by atoms with E-state index >= 15 is 0 Å². The molecule has 0 heterocycles. The summed E-state index contributed by atoms with van der Waals surface area (Å²) in [6.07, 6.45) is 0. The molecule has 7 rings (SSSR count). The topological polar surface area (TPSA) is 124 Å². The molecule has 5 aromatic carbocycles. The van der Waals surface area contributed by atoms with Crippen molar-refractivity contribution in [3.63, 3.8) is 0 Å². The van der Waals surface area contributed by atoms with Crippen LogP contribution in [0.5, 0.6) is 17.2 Å². The highest BCUT2D eigenvalue weighted by Crippen LogP contribution is 2.34. The monoisotopic (exact) mass is 631 g/mol. The zero-order valence-corrected chi connectivity index (χ0v) is 25.4. The first-order valence-corrected chi connectivity index (χ1v) is 15.1. The van der Waals surface area contributed by atoms with Gasteiger partial charge in [-0.1, -0.05) is 91.0 Å². The number of carbonyl (C=O) groups is 2. The quantitative estimate of drug-likeness (QED) is 0.111. The fraction of sp³-hybridized carbons (Fsp3) is 0.158. The number of carbonyl (C=O) groups excluding carboxylic acids is 1. The van der Waals surface area contributed by atoms with Crippen LogP contribution in [-0.2, 0) is 41.6 Å². The van der Waals surface area contributed by atoms with E-state index in [1.165, 1.54) is 0 Å². The average molecular weight is 632 g/mol. The molecule has 9 heteroatoms. The Hall–Kier alpha value is -5.48. The minimum atomic E-state index is -2.00. The number of hydrogen-bond acceptors (Lipinski definition) is 8. The highest BCUT2D eigenvalue weighted by Gasteiger charge is 2.41. The van der Waals surface area contributed by atoms with Crippen molar-refractivity contribution in [2.75, 3.05) is 6.61 Å². The van der Waals surface area contributed by atoms with Crippen LogP contribution in [0.1, 0.15) is 43.7 Å². The summed E-state index contributed by atoms with van der Waals surface area (Å²) in [5, 5.41) is 20.7. The Kier molecular flexibility index (Phi) is 9.59. The van der Waals surface area contributed by atoms with E-state index in [0.29, 0.717) is 22.8 Å². The molecule has 2 aliphatic carbocycles. The van der Waals surface area contributed by atoms with Gasteiger partial charge in [-0.15, -0.1) is 0 Å². The molecule has 0 aromatic heterocycles. The van der Waals surface area contributed by atoms with Crippen LogP contribution in [-0.4, -0.2) is 28.6 Å². The predicted molar refractivity (Wildman–Crippen MR) is 173 cm³/mol. The van der Waals surface area contributed by atoms with Crippen LogP contribution in [0.2, 0.25) is 0 Å². The maximum absolute atomic E-state index is 12.7. The van der Waals surface area contributed by atoms with Crippen molar-refractivity contribution in [3.8, 4) is 17.2 Å². The second-order valence-electron chi connectivity index (χ2n) is 11.1. The first-order chi connectivity index (χ1) is 22.9. The van der Waals surface area contributed by atoms with Gasteiger partial charge in [0.05, 0.1) is 13.2 Å². The highest BCUT2D eigenvalue weighted by atomic mass is 16.7. The number of hydroxylamine groups is 1. The number of ether oxygens (including phenoxy) is 3. The predicted octanol–water partition coefficient (Wildman–Crippen LogP) is 5.96. The van der Waals surface area contributed by atoms with Crippen LogP contribution in [0, 0.1) is 0 Å². The van der Waals surface area contributed by atoms with E-state index in [2.05, 4.69) is 5.48 Å². The Morgan fingerprint density at radius 2 is 1.30 bits per heavy atom. The summed E-state index contributed by atoms with van der Waals surface area (Å²) in [6.45, 7) is -0.0249. The van der Waals surface area contributed by atoms with E-state index in [4.69, 9.17) is 19.0 Å². The van der Waals surface area contributed by atoms with E-state index in [0.717, 1.165) is 27.8 Å². The second kappa shape index (κ2) is 14.3. The maximum atomic E-state index is 12.7. The molecular formula is C38H33NO8. The van der Waals surface area contributed by atoms with Crippen LogP contribution >= 0.6 is 0 Å². The van der Waals surface area contributed by atoms with Gasteiger partial charge < -0.3 is 24.4 Å². The van der Waals surface area contributed by atoms with Gasteiger partial charge in [0, 0.05) is 16.7 Å². The third-order valence-corrected chi connectivity index (χ3v) is 7.93. The number of aliphatic hydroxyl groups excluding tert-OH is 1. The lowest BCUT2D eigenvalue weighted by Gasteiger charge is -2.29. The van der Waals surface area contributed by atoms with Gasteiger partial charge in [-0.05, 0) is 52.6 Å². The molecule has 2 aliphatic rings. The Morgan fingerprint density at radius 3 is 1.89 bits per heavy atom. The van der Waals surface area contributed by atoms with Crippen LogP contribution in [0.3, 0.4) is 0 Å². The van der Waals surface area contributed by atoms with Gasteiger partial charge in [-0.3, -0.25) is 9.63 Å². The highest BCUT2D eigenvalue weighted by molar-refractivity contribution is 6.17. The zero-order chi connectivity index (χ0) is 32.6. The molecule has 0 spiro atoms. The number of carboxylic acids is 1. The lowest BCUT2D eigenvalue weighted by Crippen LogP contribution is -2.52. The van der Waals surface area contributed by atoms with Crippen molar-refractivity contribution in [2.24, 2.45) is 0 Å². The Bertz CT molecular complexity index is 1840. The summed E-state index contributed by atoms with van der Waals surface area (Å²) in [7, 11) is 0. The summed E-state index contributed by atoms with van der Waals surface area (Å²) in [4.78, 5) is 30.2. The molecule has 9 nitrogen and oxygen atoms in total. The molecular weight excluding hydrogens is 598 g/mol. The van der Waals surface area contributed by atoms with Gasteiger partial charge in [-0.25, -0.2) is 4.79 Å². The molecule has 0 amide bonds. The smallest absolute Gasteiger partial charge is 0.333 e. The number of rotatable bonds is 16. The average Bonchev–Trinajstić information content (AvgIpc) is 3.12. The van der Waals surface area contributed by atoms with Gasteiger partial charge >= 0.3 is 5.97 Å². The summed E-state index contributed by atoms with van der Waals surface area (Å²) in [5.41, 5.74) is 5.66. The van der Waals surface area contributed by atoms with Crippen molar-refractivity contribution in [1.82, 2.24) is 5.48 Å². The fourth-order valence-electron chi connectivity index (χ4n) is 5.11. The fourth-order valence-corrected chi connectivity index (χ4v) is 5.11. The van der Waals surface area contributed by atoms with Crippen molar-refractivity contribution in [1.29, 1.82) is 0 Å². The molecule has 47 heavy (non-hydrogen) atoms. The normalized spacial score (nSPS) is 12.9. The molecule has 0 aliphatic heterocycles. The van der Waals surface area contributed by atoms with Crippen LogP contribution in [0.4, 0.5) is 0 Å². The number of fused-ring (bicyclic) bond motifs is 2. The summed E-state index contributed by atoms with van der Waals surface area (Å²) in [6, 6.07) is 36.6. The first kappa shape index (κ1) is 31.5. The molecule has 238 valence electrons. The number of carboxylic acid groups (broad SMARTS) is 1. The number of benzene rings is 5. The second-order valence-corrected chi connectivity index (χ2v) is 11.1. The third kappa shape index (κ3) is 7.18. The Balaban J connectivity index is 1.13. The molecule has 0 saturated heterocycles. The maximum Gasteiger partial charge on any atom is 0.333 e. The molecule has 2 bridgehead atoms. The van der Waals surface area contributed by atoms with Crippen LogP contribution < -0.4 is 19.7 Å². The van der Waals surface area contributed by atoms with E-state index in [9.17, 15) is 19.8 Å². The summed E-state index contributed by atoms with van der Waals surface area (Å²) < 4.78 is 18.0. The van der Waals surface area contributed by atoms with E-state index < -0.39 is 18.1 Å². The zero-order valence-electron chi connectivity index (χ0n) is 25.4. The van der Waals surface area contributed by atoms with Crippen molar-refractivity contribution in [3.05, 3.63) is 160 Å². The van der Waals surface area contributed by atoms with Gasteiger partial charge in [0.1, 0.15) is 25.6 Å². The molecule has 0 radical (unpaired) electrons. The van der Waals surface area contributed by atoms with E-state index in [1.807, 2.05) is 72.8 Å². The molecule has 3 N–H and O–H groups in total. The molecule has 1 atom stereocenters. The largest absolute Gasteiger partial charge is 0.489 e. The van der Waals surface area contributed by atoms with Crippen molar-refractivity contribution < 1.29 is 38.9 Å². The van der Waals surface area contributed by atoms with Gasteiger partial charge in [-0.2, -0.15) is 5.48 Å². The number of ketones is 1. The standard InChI is InChI=1S/C38H33NO8/c40-25-38(37(42)43,39-47-23-28-11-16-32(17-12-28)44-24-30-14-13-29-19-33(30)36(29)41)31-15-18-34(45-21-26-7-3-1-4-8-26)35(20-31)46-22-27-9-5-2-6-10-27/h1-20,39-40H,21-25H2,(H,42,43). The SMILES string of the molecule is O=C1c2ccc(COc3ccc(CONC(CO)(C(=O)O)c4ccc(OCc5ccccc5)c(OCc5ccccc5)c4)cc3)c1c2. The lowest BCUT2D eigenvalue weighted by atomic mass is 9.87. The van der Waals surface area contributed by atoms with Crippen LogP contribution in [0.25, 0.3) is 0 Å². The van der Waals surface area contributed by atoms with Crippen molar-refractivity contribution in [2.45, 2.75) is 32.0 Å². The molecule has 1 unspecified atom stereocenters. The molecule has 0 saturated carbocycles. The van der Waals surface area contributed by atoms with E-state index in [-0.39, 0.29) is 37.8 Å². The molecule has 5 aromatic rings. The Morgan fingerprint density at radius 1 is 0.660 bits per heavy atom. The van der Waals surface area contributed by atoms with Crippen LogP contribution in [0.15, 0.2) is 121 Å². The lowest BCUT2D eigenvalue weighted by molar-refractivity contribution is -0.158. The minimum absolute atomic E-state index is 0.00502. The number of hydrogen-bond donors (Lipinski definition) is 3. The first-order valence-electron chi connectivity index (χ1n) is 15.1. The van der Waals surface area contributed by atoms with E-state index in [1.54, 1.807) is 48.5 Å². The minimum Gasteiger partial charge on any atom is -0.489 e. The Labute approximate surface area is 271 Å². The molecule has 0 fully saturated rings. The van der Waals surface area contributed by atoms with Gasteiger partial charge in [0.15, 0.2) is 22.8 Å². The number of aliphatic hydroxyl groups is 1. The summed E-state index contributed by atoms with van der Waals surface area (Å²) in [5.74, 6) is 0.0604. The van der Waals surface area contributed by atoms with Crippen molar-refractivity contribution >= 4 is 11.8 Å².